The highest BCUT2D eigenvalue weighted by Crippen LogP contribution is 2.26. The first-order valence-corrected chi connectivity index (χ1v) is 6.95. The normalized spacial score (nSPS) is 11.2. The van der Waals surface area contributed by atoms with Crippen LogP contribution in [0.4, 0.5) is 8.78 Å². The molecule has 0 atom stereocenters. The summed E-state index contributed by atoms with van der Waals surface area (Å²) >= 11 is 0.991. The number of aliphatic hydroxyl groups is 1. The molecular weight excluding hydrogens is 256 g/mol. The van der Waals surface area contributed by atoms with Crippen molar-refractivity contribution in [3.63, 3.8) is 0 Å². The standard InChI is InChI=1S/C13H19F2NOS/c1-9(2)7-16-8-10-5-11(14)13(12(15)6-10)18-4-3-17/h5-6,9,16-17H,3-4,7-8H2,1-2H3. The molecule has 1 aromatic carbocycles. The van der Waals surface area contributed by atoms with Crippen molar-refractivity contribution in [3.8, 4) is 0 Å². The van der Waals surface area contributed by atoms with Gasteiger partial charge in [-0.25, -0.2) is 8.78 Å². The van der Waals surface area contributed by atoms with Gasteiger partial charge in [0.2, 0.25) is 0 Å². The summed E-state index contributed by atoms with van der Waals surface area (Å²) in [6, 6.07) is 2.69. The number of thioether (sulfide) groups is 1. The minimum atomic E-state index is -0.560. The van der Waals surface area contributed by atoms with E-state index in [0.29, 0.717) is 23.8 Å². The minimum absolute atomic E-state index is 0.0170. The van der Waals surface area contributed by atoms with Gasteiger partial charge < -0.3 is 10.4 Å². The van der Waals surface area contributed by atoms with Crippen LogP contribution in [-0.2, 0) is 6.54 Å². The fourth-order valence-electron chi connectivity index (χ4n) is 1.51. The molecule has 1 rings (SSSR count). The van der Waals surface area contributed by atoms with E-state index in [9.17, 15) is 8.78 Å². The summed E-state index contributed by atoms with van der Waals surface area (Å²) in [5, 5.41) is 11.8. The molecule has 1 aromatic rings. The van der Waals surface area contributed by atoms with Crippen molar-refractivity contribution in [1.82, 2.24) is 5.32 Å². The summed E-state index contributed by atoms with van der Waals surface area (Å²) in [5.41, 5.74) is 0.596. The van der Waals surface area contributed by atoms with Crippen LogP contribution in [0, 0.1) is 17.6 Å². The predicted molar refractivity (Wildman–Crippen MR) is 70.7 cm³/mol. The topological polar surface area (TPSA) is 32.3 Å². The molecule has 0 aliphatic heterocycles. The fourth-order valence-corrected chi connectivity index (χ4v) is 2.19. The maximum Gasteiger partial charge on any atom is 0.140 e. The van der Waals surface area contributed by atoms with Crippen molar-refractivity contribution >= 4 is 11.8 Å². The number of benzene rings is 1. The van der Waals surface area contributed by atoms with Crippen molar-refractivity contribution in [2.45, 2.75) is 25.3 Å². The van der Waals surface area contributed by atoms with Gasteiger partial charge in [-0.05, 0) is 30.2 Å². The summed E-state index contributed by atoms with van der Waals surface area (Å²) in [4.78, 5) is -0.0170. The van der Waals surface area contributed by atoms with Crippen LogP contribution < -0.4 is 5.32 Å². The van der Waals surface area contributed by atoms with Gasteiger partial charge in [-0.3, -0.25) is 0 Å². The molecular formula is C13H19F2NOS. The van der Waals surface area contributed by atoms with E-state index in [0.717, 1.165) is 18.3 Å². The van der Waals surface area contributed by atoms with Gasteiger partial charge in [0, 0.05) is 12.3 Å². The van der Waals surface area contributed by atoms with Gasteiger partial charge in [-0.2, -0.15) is 0 Å². The third-order valence-corrected chi connectivity index (χ3v) is 3.34. The van der Waals surface area contributed by atoms with Gasteiger partial charge in [0.25, 0.3) is 0 Å². The van der Waals surface area contributed by atoms with Gasteiger partial charge in [0.05, 0.1) is 11.5 Å². The van der Waals surface area contributed by atoms with Gasteiger partial charge in [-0.1, -0.05) is 13.8 Å². The number of halogens is 2. The van der Waals surface area contributed by atoms with E-state index in [1.807, 2.05) is 0 Å². The molecule has 0 spiro atoms. The van der Waals surface area contributed by atoms with Gasteiger partial charge in [-0.15, -0.1) is 11.8 Å². The maximum atomic E-state index is 13.6. The quantitative estimate of drug-likeness (QED) is 0.751. The molecule has 0 amide bonds. The summed E-state index contributed by atoms with van der Waals surface area (Å²) in [7, 11) is 0. The monoisotopic (exact) mass is 275 g/mol. The van der Waals surface area contributed by atoms with Gasteiger partial charge in [0.15, 0.2) is 0 Å². The van der Waals surface area contributed by atoms with Crippen molar-refractivity contribution in [3.05, 3.63) is 29.3 Å². The Labute approximate surface area is 111 Å². The lowest BCUT2D eigenvalue weighted by atomic mass is 10.2. The van der Waals surface area contributed by atoms with E-state index in [4.69, 9.17) is 5.11 Å². The molecule has 0 saturated carbocycles. The molecule has 2 N–H and O–H groups in total. The first-order valence-electron chi connectivity index (χ1n) is 5.97. The SMILES string of the molecule is CC(C)CNCc1cc(F)c(SCCO)c(F)c1. The smallest absolute Gasteiger partial charge is 0.140 e. The zero-order valence-corrected chi connectivity index (χ0v) is 11.5. The number of nitrogens with one attached hydrogen (secondary N) is 1. The summed E-state index contributed by atoms with van der Waals surface area (Å²) in [6.45, 7) is 5.31. The molecule has 0 radical (unpaired) electrons. The third kappa shape index (κ3) is 4.92. The van der Waals surface area contributed by atoms with Crippen molar-refractivity contribution in [2.75, 3.05) is 18.9 Å². The lowest BCUT2D eigenvalue weighted by molar-refractivity contribution is 0.322. The first kappa shape index (κ1) is 15.4. The third-order valence-electron chi connectivity index (χ3n) is 2.28. The molecule has 18 heavy (non-hydrogen) atoms. The molecule has 102 valence electrons. The summed E-state index contributed by atoms with van der Waals surface area (Å²) in [5.74, 6) is -0.331. The van der Waals surface area contributed by atoms with E-state index in [2.05, 4.69) is 19.2 Å². The van der Waals surface area contributed by atoms with Crippen molar-refractivity contribution in [2.24, 2.45) is 5.92 Å². The lowest BCUT2D eigenvalue weighted by Crippen LogP contribution is -2.19. The van der Waals surface area contributed by atoms with Gasteiger partial charge in [0.1, 0.15) is 11.6 Å². The fraction of sp³-hybridized carbons (Fsp3) is 0.538. The van der Waals surface area contributed by atoms with Crippen LogP contribution in [0.1, 0.15) is 19.4 Å². The first-order chi connectivity index (χ1) is 8.54. The Kier molecular flexibility index (Phi) is 6.60. The molecule has 0 saturated heterocycles. The molecule has 0 bridgehead atoms. The van der Waals surface area contributed by atoms with E-state index in [1.165, 1.54) is 12.1 Å². The van der Waals surface area contributed by atoms with Crippen molar-refractivity contribution < 1.29 is 13.9 Å². The lowest BCUT2D eigenvalue weighted by Gasteiger charge is -2.10. The van der Waals surface area contributed by atoms with Crippen LogP contribution in [0.5, 0.6) is 0 Å². The van der Waals surface area contributed by atoms with Crippen LogP contribution in [0.3, 0.4) is 0 Å². The summed E-state index contributed by atoms with van der Waals surface area (Å²) in [6.07, 6.45) is 0. The van der Waals surface area contributed by atoms with Crippen molar-refractivity contribution in [1.29, 1.82) is 0 Å². The highest BCUT2D eigenvalue weighted by atomic mass is 32.2. The molecule has 0 heterocycles. The minimum Gasteiger partial charge on any atom is -0.396 e. The number of aliphatic hydroxyl groups excluding tert-OH is 1. The summed E-state index contributed by atoms with van der Waals surface area (Å²) < 4.78 is 27.3. The number of hydrogen-bond acceptors (Lipinski definition) is 3. The molecule has 0 aromatic heterocycles. The van der Waals surface area contributed by atoms with E-state index in [1.54, 1.807) is 0 Å². The highest BCUT2D eigenvalue weighted by Gasteiger charge is 2.11. The van der Waals surface area contributed by atoms with E-state index in [-0.39, 0.29) is 11.5 Å². The molecule has 0 fully saturated rings. The number of rotatable bonds is 7. The van der Waals surface area contributed by atoms with E-state index >= 15 is 0 Å². The molecule has 5 heteroatoms. The maximum absolute atomic E-state index is 13.6. The Bertz CT molecular complexity index is 362. The van der Waals surface area contributed by atoms with Gasteiger partial charge >= 0.3 is 0 Å². The Morgan fingerprint density at radius 2 is 1.89 bits per heavy atom. The molecule has 0 unspecified atom stereocenters. The van der Waals surface area contributed by atoms with Crippen LogP contribution in [-0.4, -0.2) is 24.0 Å². The number of hydrogen-bond donors (Lipinski definition) is 2. The highest BCUT2D eigenvalue weighted by molar-refractivity contribution is 7.99. The van der Waals surface area contributed by atoms with Crippen LogP contribution >= 0.6 is 11.8 Å². The second-order valence-electron chi connectivity index (χ2n) is 4.49. The Hall–Kier alpha value is -0.650. The molecule has 0 aliphatic carbocycles. The average molecular weight is 275 g/mol. The Morgan fingerprint density at radius 3 is 2.39 bits per heavy atom. The second kappa shape index (κ2) is 7.71. The zero-order valence-electron chi connectivity index (χ0n) is 10.7. The average Bonchev–Trinajstić information content (AvgIpc) is 2.27. The molecule has 2 nitrogen and oxygen atoms in total. The Morgan fingerprint density at radius 1 is 1.28 bits per heavy atom. The van der Waals surface area contributed by atoms with Crippen LogP contribution in [0.15, 0.2) is 17.0 Å². The van der Waals surface area contributed by atoms with Crippen LogP contribution in [0.2, 0.25) is 0 Å². The van der Waals surface area contributed by atoms with Crippen LogP contribution in [0.25, 0.3) is 0 Å². The largest absolute Gasteiger partial charge is 0.396 e. The second-order valence-corrected chi connectivity index (χ2v) is 5.59. The molecule has 0 aliphatic rings. The van der Waals surface area contributed by atoms with E-state index < -0.39 is 11.6 Å². The zero-order chi connectivity index (χ0) is 13.5. The Balaban J connectivity index is 2.67. The predicted octanol–water partition coefficient (Wildman–Crippen LogP) is 2.79.